The van der Waals surface area contributed by atoms with Gasteiger partial charge < -0.3 is 14.7 Å². The van der Waals surface area contributed by atoms with E-state index in [1.807, 2.05) is 25.1 Å². The molecular weight excluding hydrogens is 218 g/mol. The number of carbonyl (C=O) groups is 1. The maximum atomic E-state index is 12.3. The Morgan fingerprint density at radius 3 is 3.12 bits per heavy atom. The molecule has 4 nitrogen and oxygen atoms in total. The number of aliphatic hydroxyl groups is 1. The Kier molecular flexibility index (Phi) is 3.76. The van der Waals surface area contributed by atoms with Crippen LogP contribution in [-0.2, 0) is 4.74 Å². The molecule has 1 aliphatic rings. The number of rotatable bonds is 2. The van der Waals surface area contributed by atoms with Crippen molar-refractivity contribution in [2.75, 3.05) is 26.4 Å². The largest absolute Gasteiger partial charge is 0.394 e. The Morgan fingerprint density at radius 2 is 2.41 bits per heavy atom. The summed E-state index contributed by atoms with van der Waals surface area (Å²) in [6, 6.07) is 7.28. The zero-order valence-electron chi connectivity index (χ0n) is 9.93. The minimum atomic E-state index is -0.225. The number of amides is 1. The first-order valence-corrected chi connectivity index (χ1v) is 5.78. The molecule has 2 rings (SSSR count). The summed E-state index contributed by atoms with van der Waals surface area (Å²) in [6.45, 7) is 3.39. The van der Waals surface area contributed by atoms with Gasteiger partial charge in [0.05, 0.1) is 25.9 Å². The number of hydrogen-bond donors (Lipinski definition) is 1. The van der Waals surface area contributed by atoms with Crippen molar-refractivity contribution in [2.45, 2.75) is 13.0 Å². The average molecular weight is 235 g/mol. The van der Waals surface area contributed by atoms with Gasteiger partial charge in [0.2, 0.25) is 0 Å². The quantitative estimate of drug-likeness (QED) is 0.826. The molecular formula is C13H17NO3. The van der Waals surface area contributed by atoms with Crippen LogP contribution in [0.15, 0.2) is 24.3 Å². The van der Waals surface area contributed by atoms with E-state index in [2.05, 4.69) is 0 Å². The molecule has 0 radical (unpaired) electrons. The van der Waals surface area contributed by atoms with Gasteiger partial charge in [-0.1, -0.05) is 17.7 Å². The molecule has 1 aliphatic heterocycles. The van der Waals surface area contributed by atoms with E-state index in [9.17, 15) is 9.90 Å². The number of aryl methyl sites for hydroxylation is 1. The molecule has 0 saturated carbocycles. The monoisotopic (exact) mass is 235 g/mol. The molecule has 1 aromatic rings. The third-order valence-corrected chi connectivity index (χ3v) is 2.96. The van der Waals surface area contributed by atoms with Crippen molar-refractivity contribution in [1.82, 2.24) is 4.90 Å². The van der Waals surface area contributed by atoms with E-state index < -0.39 is 0 Å². The number of aliphatic hydroxyl groups excluding tert-OH is 1. The highest BCUT2D eigenvalue weighted by Crippen LogP contribution is 2.13. The number of hydrogen-bond acceptors (Lipinski definition) is 3. The van der Waals surface area contributed by atoms with E-state index in [-0.39, 0.29) is 18.6 Å². The maximum Gasteiger partial charge on any atom is 0.254 e. The smallest absolute Gasteiger partial charge is 0.254 e. The SMILES string of the molecule is Cc1cccc(C(=O)N2CCOCC2CO)c1. The molecule has 0 bridgehead atoms. The molecule has 1 atom stereocenters. The van der Waals surface area contributed by atoms with Crippen LogP contribution >= 0.6 is 0 Å². The van der Waals surface area contributed by atoms with E-state index >= 15 is 0 Å². The van der Waals surface area contributed by atoms with Crippen molar-refractivity contribution in [2.24, 2.45) is 0 Å². The van der Waals surface area contributed by atoms with Crippen molar-refractivity contribution in [1.29, 1.82) is 0 Å². The molecule has 1 heterocycles. The highest BCUT2D eigenvalue weighted by atomic mass is 16.5. The predicted octanol–water partition coefficient (Wildman–Crippen LogP) is 0.828. The van der Waals surface area contributed by atoms with Crippen molar-refractivity contribution < 1.29 is 14.6 Å². The van der Waals surface area contributed by atoms with Crippen molar-refractivity contribution in [3.8, 4) is 0 Å². The minimum Gasteiger partial charge on any atom is -0.394 e. The first kappa shape index (κ1) is 12.1. The number of ether oxygens (including phenoxy) is 1. The number of benzene rings is 1. The summed E-state index contributed by atoms with van der Waals surface area (Å²) in [5, 5.41) is 9.24. The fraction of sp³-hybridized carbons (Fsp3) is 0.462. The van der Waals surface area contributed by atoms with Crippen LogP contribution in [0.5, 0.6) is 0 Å². The van der Waals surface area contributed by atoms with Crippen LogP contribution in [0.3, 0.4) is 0 Å². The number of carbonyl (C=O) groups excluding carboxylic acids is 1. The zero-order chi connectivity index (χ0) is 12.3. The van der Waals surface area contributed by atoms with Crippen LogP contribution in [0.25, 0.3) is 0 Å². The topological polar surface area (TPSA) is 49.8 Å². The fourth-order valence-corrected chi connectivity index (χ4v) is 2.02. The lowest BCUT2D eigenvalue weighted by molar-refractivity contribution is -0.0183. The molecule has 0 aliphatic carbocycles. The second kappa shape index (κ2) is 5.29. The third-order valence-electron chi connectivity index (χ3n) is 2.96. The maximum absolute atomic E-state index is 12.3. The van der Waals surface area contributed by atoms with Crippen LogP contribution in [0.1, 0.15) is 15.9 Å². The highest BCUT2D eigenvalue weighted by Gasteiger charge is 2.27. The van der Waals surface area contributed by atoms with E-state index in [0.717, 1.165) is 5.56 Å². The Morgan fingerprint density at radius 1 is 1.59 bits per heavy atom. The number of morpholine rings is 1. The molecule has 1 fully saturated rings. The Labute approximate surface area is 101 Å². The summed E-state index contributed by atoms with van der Waals surface area (Å²) in [6.07, 6.45) is 0. The van der Waals surface area contributed by atoms with Crippen molar-refractivity contribution in [3.05, 3.63) is 35.4 Å². The van der Waals surface area contributed by atoms with Gasteiger partial charge in [-0.25, -0.2) is 0 Å². The van der Waals surface area contributed by atoms with Gasteiger partial charge in [0.15, 0.2) is 0 Å². The summed E-state index contributed by atoms with van der Waals surface area (Å²) < 4.78 is 5.26. The molecule has 0 spiro atoms. The molecule has 1 saturated heterocycles. The fourth-order valence-electron chi connectivity index (χ4n) is 2.02. The first-order valence-electron chi connectivity index (χ1n) is 5.78. The Balaban J connectivity index is 2.18. The highest BCUT2D eigenvalue weighted by molar-refractivity contribution is 5.94. The van der Waals surface area contributed by atoms with Gasteiger partial charge in [-0.3, -0.25) is 4.79 Å². The molecule has 1 aromatic carbocycles. The second-order valence-electron chi connectivity index (χ2n) is 4.28. The van der Waals surface area contributed by atoms with Crippen molar-refractivity contribution in [3.63, 3.8) is 0 Å². The Bertz CT molecular complexity index is 405. The van der Waals surface area contributed by atoms with Gasteiger partial charge in [0, 0.05) is 12.1 Å². The minimum absolute atomic E-state index is 0.0314. The lowest BCUT2D eigenvalue weighted by Gasteiger charge is -2.34. The zero-order valence-corrected chi connectivity index (χ0v) is 9.93. The second-order valence-corrected chi connectivity index (χ2v) is 4.28. The molecule has 92 valence electrons. The summed E-state index contributed by atoms with van der Waals surface area (Å²) in [5.74, 6) is -0.0314. The van der Waals surface area contributed by atoms with Crippen molar-refractivity contribution >= 4 is 5.91 Å². The van der Waals surface area contributed by atoms with Crippen LogP contribution in [0.4, 0.5) is 0 Å². The molecule has 4 heteroatoms. The molecule has 17 heavy (non-hydrogen) atoms. The standard InChI is InChI=1S/C13H17NO3/c1-10-3-2-4-11(7-10)13(16)14-5-6-17-9-12(14)8-15/h2-4,7,12,15H,5-6,8-9H2,1H3. The molecule has 0 aromatic heterocycles. The van der Waals surface area contributed by atoms with Crippen LogP contribution in [0.2, 0.25) is 0 Å². The lowest BCUT2D eigenvalue weighted by Crippen LogP contribution is -2.50. The van der Waals surface area contributed by atoms with Gasteiger partial charge in [-0.2, -0.15) is 0 Å². The molecule has 1 amide bonds. The van der Waals surface area contributed by atoms with Crippen LogP contribution in [0, 0.1) is 6.92 Å². The number of nitrogens with zero attached hydrogens (tertiary/aromatic N) is 1. The van der Waals surface area contributed by atoms with E-state index in [0.29, 0.717) is 25.3 Å². The van der Waals surface area contributed by atoms with Crippen LogP contribution < -0.4 is 0 Å². The summed E-state index contributed by atoms with van der Waals surface area (Å²) in [5.41, 5.74) is 1.73. The summed E-state index contributed by atoms with van der Waals surface area (Å²) in [7, 11) is 0. The van der Waals surface area contributed by atoms with E-state index in [1.54, 1.807) is 11.0 Å². The predicted molar refractivity (Wildman–Crippen MR) is 63.9 cm³/mol. The van der Waals surface area contributed by atoms with Gasteiger partial charge in [0.25, 0.3) is 5.91 Å². The molecule has 1 N–H and O–H groups in total. The Hall–Kier alpha value is -1.39. The third kappa shape index (κ3) is 2.65. The van der Waals surface area contributed by atoms with Gasteiger partial charge in [-0.15, -0.1) is 0 Å². The van der Waals surface area contributed by atoms with Crippen LogP contribution in [-0.4, -0.2) is 48.3 Å². The summed E-state index contributed by atoms with van der Waals surface area (Å²) in [4.78, 5) is 14.0. The molecule has 1 unspecified atom stereocenters. The summed E-state index contributed by atoms with van der Waals surface area (Å²) >= 11 is 0. The van der Waals surface area contributed by atoms with E-state index in [1.165, 1.54) is 0 Å². The van der Waals surface area contributed by atoms with E-state index in [4.69, 9.17) is 4.74 Å². The lowest BCUT2D eigenvalue weighted by atomic mass is 10.1. The normalized spacial score (nSPS) is 20.4. The van der Waals surface area contributed by atoms with Gasteiger partial charge in [0.1, 0.15) is 0 Å². The van der Waals surface area contributed by atoms with Gasteiger partial charge in [-0.05, 0) is 19.1 Å². The van der Waals surface area contributed by atoms with Gasteiger partial charge >= 0.3 is 0 Å². The first-order chi connectivity index (χ1) is 8.22. The average Bonchev–Trinajstić information content (AvgIpc) is 2.38.